The number of anilines is 1. The van der Waals surface area contributed by atoms with Crippen LogP contribution in [0.4, 0.5) is 10.3 Å². The summed E-state index contributed by atoms with van der Waals surface area (Å²) < 4.78 is 15.1. The summed E-state index contributed by atoms with van der Waals surface area (Å²) in [7, 11) is 1.89. The molecule has 1 aromatic heterocycles. The Kier molecular flexibility index (Phi) is 5.53. The summed E-state index contributed by atoms with van der Waals surface area (Å²) >= 11 is 0. The zero-order chi connectivity index (χ0) is 19.4. The third-order valence-electron chi connectivity index (χ3n) is 4.78. The molecule has 0 amide bonds. The fourth-order valence-corrected chi connectivity index (χ4v) is 3.32. The van der Waals surface area contributed by atoms with Crippen LogP contribution in [0.2, 0.25) is 0 Å². The van der Waals surface area contributed by atoms with Gasteiger partial charge in [0.1, 0.15) is 17.4 Å². The monoisotopic (exact) mass is 364 g/mol. The average molecular weight is 364 g/mol. The van der Waals surface area contributed by atoms with E-state index in [1.807, 2.05) is 25.0 Å². The molecule has 1 aromatic carbocycles. The van der Waals surface area contributed by atoms with E-state index in [0.29, 0.717) is 18.1 Å². The van der Waals surface area contributed by atoms with Gasteiger partial charge in [0.2, 0.25) is 5.95 Å². The Morgan fingerprint density at radius 2 is 2.11 bits per heavy atom. The molecular formula is C18H18BFN6O. The molecule has 27 heavy (non-hydrogen) atoms. The third kappa shape index (κ3) is 3.84. The number of nitriles is 2. The van der Waals surface area contributed by atoms with E-state index in [2.05, 4.69) is 10.2 Å². The zero-order valence-corrected chi connectivity index (χ0v) is 14.9. The van der Waals surface area contributed by atoms with Crippen LogP contribution >= 0.6 is 0 Å². The number of nitrogens with zero attached hydrogens (tertiary/aromatic N) is 5. The first kappa shape index (κ1) is 18.6. The van der Waals surface area contributed by atoms with Crippen LogP contribution in [0.1, 0.15) is 29.5 Å². The van der Waals surface area contributed by atoms with Crippen LogP contribution in [-0.4, -0.2) is 36.7 Å². The second-order valence-corrected chi connectivity index (χ2v) is 6.46. The smallest absolute Gasteiger partial charge is 0.273 e. The molecule has 0 bridgehead atoms. The van der Waals surface area contributed by atoms with Gasteiger partial charge < -0.3 is 10.1 Å². The number of hydrogen-bond donors (Lipinski definition) is 1. The molecular weight excluding hydrogens is 346 g/mol. The predicted octanol–water partition coefficient (Wildman–Crippen LogP) is 0.281. The topological polar surface area (TPSA) is 97.7 Å². The van der Waals surface area contributed by atoms with Gasteiger partial charge in [-0.1, -0.05) is 0 Å². The van der Waals surface area contributed by atoms with Gasteiger partial charge in [-0.2, -0.15) is 10.5 Å². The highest BCUT2D eigenvalue weighted by molar-refractivity contribution is 6.04. The van der Waals surface area contributed by atoms with Crippen molar-refractivity contribution in [3.63, 3.8) is 0 Å². The summed E-state index contributed by atoms with van der Waals surface area (Å²) in [5, 5.41) is 21.7. The maximum Gasteiger partial charge on any atom is 0.273 e. The Morgan fingerprint density at radius 1 is 1.33 bits per heavy atom. The molecule has 1 fully saturated rings. The largest absolute Gasteiger partial charge is 0.358 e. The highest BCUT2D eigenvalue weighted by atomic mass is 19.1. The van der Waals surface area contributed by atoms with Gasteiger partial charge in [-0.25, -0.2) is 9.37 Å². The number of nitrogens with one attached hydrogen (secondary N) is 1. The predicted molar refractivity (Wildman–Crippen MR) is 100 cm³/mol. The van der Waals surface area contributed by atoms with Crippen LogP contribution in [0.15, 0.2) is 29.2 Å². The summed E-state index contributed by atoms with van der Waals surface area (Å²) in [6.45, 7) is 1.37. The lowest BCUT2D eigenvalue weighted by atomic mass is 10.0. The molecule has 1 aliphatic rings. The standard InChI is InChI=1S/C18H18BFN6O/c19-24-16-2-1-5-25(11-16)18-23-9-14(8-22)17(27)26(18)10-13-6-15(20)4-3-12(13)7-21/h3-4,6,9,16,24H,1-2,5,10-11,19H2/t16-/m1/s1. The van der Waals surface area contributed by atoms with Crippen molar-refractivity contribution in [1.29, 1.82) is 10.5 Å². The van der Waals surface area contributed by atoms with Crippen molar-refractivity contribution in [2.75, 3.05) is 18.0 Å². The van der Waals surface area contributed by atoms with Gasteiger partial charge in [0.15, 0.2) is 7.98 Å². The highest BCUT2D eigenvalue weighted by Gasteiger charge is 2.23. The minimum atomic E-state index is -0.498. The van der Waals surface area contributed by atoms with Gasteiger partial charge in [0.25, 0.3) is 5.56 Å². The quantitative estimate of drug-likeness (QED) is 0.783. The first-order chi connectivity index (χ1) is 13.1. The molecule has 0 spiro atoms. The third-order valence-corrected chi connectivity index (χ3v) is 4.78. The van der Waals surface area contributed by atoms with E-state index in [-0.39, 0.29) is 23.7 Å². The number of benzene rings is 1. The highest BCUT2D eigenvalue weighted by Crippen LogP contribution is 2.19. The van der Waals surface area contributed by atoms with Crippen LogP contribution in [0, 0.1) is 28.5 Å². The van der Waals surface area contributed by atoms with Gasteiger partial charge in [-0.3, -0.25) is 9.36 Å². The van der Waals surface area contributed by atoms with Gasteiger partial charge >= 0.3 is 0 Å². The Hall–Kier alpha value is -3.17. The first-order valence-electron chi connectivity index (χ1n) is 8.68. The molecule has 2 aromatic rings. The minimum absolute atomic E-state index is 0.0297. The normalized spacial score (nSPS) is 16.6. The Morgan fingerprint density at radius 3 is 2.81 bits per heavy atom. The lowest BCUT2D eigenvalue weighted by Crippen LogP contribution is -2.47. The van der Waals surface area contributed by atoms with Crippen molar-refractivity contribution in [3.05, 3.63) is 57.3 Å². The SMILES string of the molecule is BN[C@@H]1CCCN(c2ncc(C#N)c(=O)n2Cc2cc(F)ccc2C#N)C1. The van der Waals surface area contributed by atoms with Crippen LogP contribution in [0.25, 0.3) is 0 Å². The lowest BCUT2D eigenvalue weighted by Gasteiger charge is -2.34. The van der Waals surface area contributed by atoms with Crippen molar-refractivity contribution in [2.45, 2.75) is 25.4 Å². The minimum Gasteiger partial charge on any atom is -0.358 e. The van der Waals surface area contributed by atoms with Crippen LogP contribution in [-0.2, 0) is 6.54 Å². The van der Waals surface area contributed by atoms with Gasteiger partial charge in [0.05, 0.1) is 24.4 Å². The molecule has 0 saturated carbocycles. The second kappa shape index (κ2) is 8.02. The molecule has 0 radical (unpaired) electrons. The molecule has 9 heteroatoms. The van der Waals surface area contributed by atoms with Crippen molar-refractivity contribution in [3.8, 4) is 12.1 Å². The summed E-state index contributed by atoms with van der Waals surface area (Å²) in [6.07, 6.45) is 3.23. The molecule has 3 rings (SSSR count). The molecule has 136 valence electrons. The summed E-state index contributed by atoms with van der Waals surface area (Å²) in [5.41, 5.74) is 0.0707. The van der Waals surface area contributed by atoms with Crippen LogP contribution in [0.3, 0.4) is 0 Å². The molecule has 7 nitrogen and oxygen atoms in total. The van der Waals surface area contributed by atoms with Crippen molar-refractivity contribution < 1.29 is 4.39 Å². The maximum atomic E-state index is 13.7. The second-order valence-electron chi connectivity index (χ2n) is 6.46. The molecule has 1 N–H and O–H groups in total. The van der Waals surface area contributed by atoms with Gasteiger partial charge in [0, 0.05) is 19.1 Å². The summed E-state index contributed by atoms with van der Waals surface area (Å²) in [5.74, 6) is -0.0664. The molecule has 2 heterocycles. The number of piperidine rings is 1. The van der Waals surface area contributed by atoms with E-state index >= 15 is 0 Å². The van der Waals surface area contributed by atoms with E-state index in [0.717, 1.165) is 19.4 Å². The fourth-order valence-electron chi connectivity index (χ4n) is 3.32. The molecule has 1 aliphatic heterocycles. The zero-order valence-electron chi connectivity index (χ0n) is 14.9. The molecule has 0 aliphatic carbocycles. The Balaban J connectivity index is 2.08. The lowest BCUT2D eigenvalue weighted by molar-refractivity contribution is 0.468. The Bertz CT molecular complexity index is 993. The Labute approximate surface area is 157 Å². The van der Waals surface area contributed by atoms with Crippen molar-refractivity contribution >= 4 is 13.9 Å². The van der Waals surface area contributed by atoms with Gasteiger partial charge in [-0.05, 0) is 36.6 Å². The van der Waals surface area contributed by atoms with E-state index in [1.165, 1.54) is 29.0 Å². The number of hydrogen-bond acceptors (Lipinski definition) is 6. The van der Waals surface area contributed by atoms with E-state index < -0.39 is 11.4 Å². The number of halogens is 1. The maximum absolute atomic E-state index is 13.7. The summed E-state index contributed by atoms with van der Waals surface area (Å²) in [6, 6.07) is 7.95. The van der Waals surface area contributed by atoms with Crippen molar-refractivity contribution in [2.24, 2.45) is 0 Å². The van der Waals surface area contributed by atoms with Gasteiger partial charge in [-0.15, -0.1) is 0 Å². The molecule has 1 atom stereocenters. The number of aromatic nitrogens is 2. The summed E-state index contributed by atoms with van der Waals surface area (Å²) in [4.78, 5) is 19.1. The van der Waals surface area contributed by atoms with Crippen LogP contribution in [0.5, 0.6) is 0 Å². The number of rotatable bonds is 4. The molecule has 1 saturated heterocycles. The van der Waals surface area contributed by atoms with Crippen molar-refractivity contribution in [1.82, 2.24) is 14.8 Å². The fraction of sp³-hybridized carbons (Fsp3) is 0.333. The molecule has 0 unspecified atom stereocenters. The van der Waals surface area contributed by atoms with E-state index in [9.17, 15) is 19.7 Å². The first-order valence-corrected chi connectivity index (χ1v) is 8.68. The van der Waals surface area contributed by atoms with Crippen LogP contribution < -0.4 is 15.7 Å². The average Bonchev–Trinajstić information content (AvgIpc) is 2.69. The van der Waals surface area contributed by atoms with E-state index in [1.54, 1.807) is 0 Å². The van der Waals surface area contributed by atoms with E-state index in [4.69, 9.17) is 0 Å².